The minimum atomic E-state index is -0.348. The van der Waals surface area contributed by atoms with Gasteiger partial charge in [0.2, 0.25) is 0 Å². The van der Waals surface area contributed by atoms with Gasteiger partial charge in [0.25, 0.3) is 0 Å². The predicted molar refractivity (Wildman–Crippen MR) is 213 cm³/mol. The standard InChI is InChI=1S/C26H24P2.2C9H12N.2BrH.2Pd/c1-5-13-23(14-6-1)27(24-15-7-2-8-16-24)21-22-28(25-17-9-3-10-18-25)26-19-11-4-12-20-26;2*1-2-10-8-9-6-4-3-5-7-9;;;;/h1-20H,21-22H2;2*3-6,10H,2,8H2,1H3;2*1H;;/q;2*-1;;;2*+2/p-2. The van der Waals surface area contributed by atoms with E-state index < -0.39 is 0 Å². The second kappa shape index (κ2) is 31.7. The average Bonchev–Trinajstić information content (AvgIpc) is 3.18. The first-order valence-electron chi connectivity index (χ1n) is 16.9. The van der Waals surface area contributed by atoms with Gasteiger partial charge in [-0.2, -0.15) is 60.7 Å². The Morgan fingerprint density at radius 1 is 0.404 bits per heavy atom. The van der Waals surface area contributed by atoms with Crippen LogP contribution in [0.2, 0.25) is 0 Å². The summed E-state index contributed by atoms with van der Waals surface area (Å²) in [5, 5.41) is 12.4. The molecule has 0 atom stereocenters. The molecule has 0 aromatic heterocycles. The molecular weight excluding hydrogens is 991 g/mol. The van der Waals surface area contributed by atoms with Crippen LogP contribution in [0.25, 0.3) is 0 Å². The van der Waals surface area contributed by atoms with Crippen molar-refractivity contribution in [3.63, 3.8) is 0 Å². The van der Waals surface area contributed by atoms with Crippen LogP contribution in [0.1, 0.15) is 25.0 Å². The van der Waals surface area contributed by atoms with Crippen molar-refractivity contribution in [2.75, 3.05) is 25.4 Å². The molecule has 0 amide bonds. The van der Waals surface area contributed by atoms with E-state index in [9.17, 15) is 0 Å². The van der Waals surface area contributed by atoms with Crippen molar-refractivity contribution in [1.82, 2.24) is 10.6 Å². The van der Waals surface area contributed by atoms with E-state index in [2.05, 4.69) is 170 Å². The zero-order chi connectivity index (χ0) is 33.5. The van der Waals surface area contributed by atoms with Crippen LogP contribution in [-0.2, 0) is 53.9 Å². The average molecular weight is 1040 g/mol. The van der Waals surface area contributed by atoms with Gasteiger partial charge in [-0.3, -0.25) is 0 Å². The van der Waals surface area contributed by atoms with Gasteiger partial charge < -0.3 is 44.6 Å². The fourth-order valence-corrected chi connectivity index (χ4v) is 10.4. The van der Waals surface area contributed by atoms with Crippen LogP contribution in [0.15, 0.2) is 170 Å². The van der Waals surface area contributed by atoms with E-state index in [0.29, 0.717) is 0 Å². The normalized spacial score (nSPS) is 9.69. The molecule has 8 heteroatoms. The smallest absolute Gasteiger partial charge is 1.00 e. The first kappa shape index (κ1) is 50.4. The number of benzene rings is 6. The van der Waals surface area contributed by atoms with E-state index in [1.54, 1.807) is 0 Å². The number of hydrogen-bond donors (Lipinski definition) is 2. The Hall–Kier alpha value is -1.62. The van der Waals surface area contributed by atoms with Crippen molar-refractivity contribution < 1.29 is 74.8 Å². The molecular formula is C44H48Br2N2P2Pd2. The summed E-state index contributed by atoms with van der Waals surface area (Å²) in [7, 11) is -0.696. The van der Waals surface area contributed by atoms with E-state index in [4.69, 9.17) is 0 Å². The summed E-state index contributed by atoms with van der Waals surface area (Å²) in [6.07, 6.45) is 2.41. The third-order valence-electron chi connectivity index (χ3n) is 7.50. The molecule has 6 aromatic rings. The third-order valence-corrected chi connectivity index (χ3v) is 12.9. The topological polar surface area (TPSA) is 24.1 Å². The van der Waals surface area contributed by atoms with Crippen LogP contribution >= 0.6 is 15.8 Å². The molecule has 0 bridgehead atoms. The number of rotatable bonds is 13. The largest absolute Gasteiger partial charge is 2.00 e. The quantitative estimate of drug-likeness (QED) is 0.106. The second-order valence-electron chi connectivity index (χ2n) is 11.0. The van der Waals surface area contributed by atoms with Gasteiger partial charge in [-0.05, 0) is 75.6 Å². The van der Waals surface area contributed by atoms with Crippen LogP contribution in [0.3, 0.4) is 0 Å². The fraction of sp³-hybridized carbons (Fsp3) is 0.182. The Morgan fingerprint density at radius 3 is 0.904 bits per heavy atom. The Morgan fingerprint density at radius 2 is 0.673 bits per heavy atom. The molecule has 0 saturated carbocycles. The summed E-state index contributed by atoms with van der Waals surface area (Å²) in [5.41, 5.74) is 2.45. The summed E-state index contributed by atoms with van der Waals surface area (Å²) in [6.45, 7) is 8.09. The molecule has 0 aliphatic carbocycles. The molecule has 0 aliphatic rings. The van der Waals surface area contributed by atoms with E-state index in [1.807, 2.05) is 36.4 Å². The SMILES string of the molecule is CCNCc1[c-]cccc1.CCNCc1[c-]cccc1.[Br-].[Br-].[Pd+2].[Pd+2].c1ccc(P(CCP(c2ccccc2)c2ccccc2)c2ccccc2)cc1. The van der Waals surface area contributed by atoms with Crippen molar-refractivity contribution in [2.24, 2.45) is 0 Å². The van der Waals surface area contributed by atoms with Gasteiger partial charge in [-0.15, -0.1) is 11.1 Å². The third kappa shape index (κ3) is 19.1. The molecule has 52 heavy (non-hydrogen) atoms. The molecule has 0 saturated heterocycles. The molecule has 0 radical (unpaired) electrons. The van der Waals surface area contributed by atoms with Gasteiger partial charge in [-0.25, -0.2) is 0 Å². The Kier molecular flexibility index (Phi) is 30.7. The molecule has 0 aliphatic heterocycles. The molecule has 6 aromatic carbocycles. The molecule has 0 unspecified atom stereocenters. The monoisotopic (exact) mass is 1040 g/mol. The first-order valence-corrected chi connectivity index (χ1v) is 19.9. The number of nitrogens with one attached hydrogen (secondary N) is 2. The van der Waals surface area contributed by atoms with Gasteiger partial charge in [0.1, 0.15) is 0 Å². The second-order valence-corrected chi connectivity index (χ2v) is 15.7. The van der Waals surface area contributed by atoms with Crippen molar-refractivity contribution in [3.8, 4) is 0 Å². The van der Waals surface area contributed by atoms with Crippen molar-refractivity contribution in [3.05, 3.63) is 193 Å². The van der Waals surface area contributed by atoms with Gasteiger partial charge in [0, 0.05) is 0 Å². The van der Waals surface area contributed by atoms with Crippen LogP contribution in [0, 0.1) is 12.1 Å². The maximum Gasteiger partial charge on any atom is 2.00 e. The Balaban J connectivity index is 0.000000902. The van der Waals surface area contributed by atoms with Gasteiger partial charge >= 0.3 is 40.8 Å². The first-order chi connectivity index (χ1) is 23.8. The minimum absolute atomic E-state index is 0. The summed E-state index contributed by atoms with van der Waals surface area (Å²) < 4.78 is 0. The molecule has 2 nitrogen and oxygen atoms in total. The summed E-state index contributed by atoms with van der Waals surface area (Å²) in [4.78, 5) is 0. The zero-order valence-electron chi connectivity index (χ0n) is 29.7. The van der Waals surface area contributed by atoms with Crippen LogP contribution in [-0.4, -0.2) is 25.4 Å². The Bertz CT molecular complexity index is 1440. The van der Waals surface area contributed by atoms with E-state index >= 15 is 0 Å². The van der Waals surface area contributed by atoms with E-state index in [0.717, 1.165) is 26.2 Å². The molecule has 0 spiro atoms. The minimum Gasteiger partial charge on any atom is -1.00 e. The van der Waals surface area contributed by atoms with Crippen LogP contribution in [0.4, 0.5) is 0 Å². The van der Waals surface area contributed by atoms with Crippen LogP contribution < -0.4 is 65.8 Å². The maximum absolute atomic E-state index is 3.23. The predicted octanol–water partition coefficient (Wildman–Crippen LogP) is 2.45. The van der Waals surface area contributed by atoms with Crippen molar-refractivity contribution in [2.45, 2.75) is 26.9 Å². The summed E-state index contributed by atoms with van der Waals surface area (Å²) >= 11 is 0. The van der Waals surface area contributed by atoms with Crippen molar-refractivity contribution >= 4 is 37.1 Å². The molecule has 0 fully saturated rings. The van der Waals surface area contributed by atoms with Gasteiger partial charge in [0.05, 0.1) is 0 Å². The zero-order valence-corrected chi connectivity index (χ0v) is 37.8. The Labute approximate surface area is 364 Å². The van der Waals surface area contributed by atoms with Crippen LogP contribution in [0.5, 0.6) is 0 Å². The van der Waals surface area contributed by atoms with Crippen molar-refractivity contribution in [1.29, 1.82) is 0 Å². The molecule has 6 rings (SSSR count). The van der Waals surface area contributed by atoms with Gasteiger partial charge in [0.15, 0.2) is 0 Å². The molecule has 278 valence electrons. The molecule has 0 heterocycles. The summed E-state index contributed by atoms with van der Waals surface area (Å²) in [5.74, 6) is 0. The van der Waals surface area contributed by atoms with E-state index in [1.165, 1.54) is 44.7 Å². The molecule has 2 N–H and O–H groups in total. The number of halogens is 2. The summed E-state index contributed by atoms with van der Waals surface area (Å²) in [6, 6.07) is 66.5. The van der Waals surface area contributed by atoms with E-state index in [-0.39, 0.29) is 90.7 Å². The maximum atomic E-state index is 3.23. The number of hydrogen-bond acceptors (Lipinski definition) is 2. The fourth-order valence-electron chi connectivity index (χ4n) is 5.05. The van der Waals surface area contributed by atoms with Gasteiger partial charge in [-0.1, -0.05) is 135 Å².